The van der Waals surface area contributed by atoms with Crippen molar-refractivity contribution >= 4 is 38.5 Å². The number of ether oxygens (including phenoxy) is 1. The maximum Gasteiger partial charge on any atom is 0.412 e. The fourth-order valence-electron chi connectivity index (χ4n) is 1.96. The summed E-state index contributed by atoms with van der Waals surface area (Å²) in [5.74, 6) is 0. The number of rotatable bonds is 1. The zero-order valence-corrected chi connectivity index (χ0v) is 13.6. The Morgan fingerprint density at radius 3 is 2.48 bits per heavy atom. The lowest BCUT2D eigenvalue weighted by atomic mass is 10.0. The predicted octanol–water partition coefficient (Wildman–Crippen LogP) is 4.82. The van der Waals surface area contributed by atoms with E-state index >= 15 is 0 Å². The van der Waals surface area contributed by atoms with Crippen LogP contribution in [0.1, 0.15) is 26.3 Å². The molecule has 5 heteroatoms. The van der Waals surface area contributed by atoms with Crippen molar-refractivity contribution in [3.8, 4) is 6.07 Å². The minimum atomic E-state index is -0.595. The van der Waals surface area contributed by atoms with Gasteiger partial charge in [0.15, 0.2) is 0 Å². The summed E-state index contributed by atoms with van der Waals surface area (Å²) in [6, 6.07) is 11.3. The quantitative estimate of drug-likeness (QED) is 0.804. The summed E-state index contributed by atoms with van der Waals surface area (Å²) in [5, 5.41) is 13.7. The molecule has 108 valence electrons. The molecule has 0 radical (unpaired) electrons. The number of nitrogens with zero attached hydrogens (tertiary/aromatic N) is 1. The van der Waals surface area contributed by atoms with Gasteiger partial charge < -0.3 is 4.74 Å². The number of hydrogen-bond acceptors (Lipinski definition) is 3. The summed E-state index contributed by atoms with van der Waals surface area (Å²) in [6.45, 7) is 5.37. The van der Waals surface area contributed by atoms with E-state index in [9.17, 15) is 10.1 Å². The molecule has 0 aliphatic heterocycles. The van der Waals surface area contributed by atoms with E-state index < -0.39 is 11.7 Å². The Balaban J connectivity index is 2.50. The molecule has 0 spiro atoms. The molecule has 2 aromatic carbocycles. The van der Waals surface area contributed by atoms with Crippen LogP contribution < -0.4 is 5.32 Å². The molecule has 0 aliphatic carbocycles. The highest BCUT2D eigenvalue weighted by molar-refractivity contribution is 9.10. The summed E-state index contributed by atoms with van der Waals surface area (Å²) in [4.78, 5) is 12.0. The van der Waals surface area contributed by atoms with E-state index in [1.807, 2.05) is 24.3 Å². The van der Waals surface area contributed by atoms with Crippen molar-refractivity contribution in [3.05, 3.63) is 40.4 Å². The van der Waals surface area contributed by atoms with Crippen molar-refractivity contribution in [3.63, 3.8) is 0 Å². The van der Waals surface area contributed by atoms with Gasteiger partial charge in [0.1, 0.15) is 11.7 Å². The number of carbonyl (C=O) groups is 1. The number of carbonyl (C=O) groups excluding carboxylic acids is 1. The molecule has 0 aromatic heterocycles. The summed E-state index contributed by atoms with van der Waals surface area (Å²) in [5.41, 5.74) is 0.249. The Hall–Kier alpha value is -2.06. The average Bonchev–Trinajstić information content (AvgIpc) is 2.40. The third kappa shape index (κ3) is 3.53. The van der Waals surface area contributed by atoms with Gasteiger partial charge >= 0.3 is 6.09 Å². The van der Waals surface area contributed by atoms with Crippen molar-refractivity contribution in [2.24, 2.45) is 0 Å². The summed E-state index contributed by atoms with van der Waals surface area (Å²) < 4.78 is 6.06. The largest absolute Gasteiger partial charge is 0.444 e. The van der Waals surface area contributed by atoms with Gasteiger partial charge in [0, 0.05) is 9.86 Å². The minimum absolute atomic E-state index is 0.381. The van der Waals surface area contributed by atoms with Gasteiger partial charge in [-0.2, -0.15) is 5.26 Å². The first kappa shape index (κ1) is 15.3. The van der Waals surface area contributed by atoms with Crippen LogP contribution in [0.5, 0.6) is 0 Å². The molecule has 0 aliphatic rings. The number of nitriles is 1. The number of benzene rings is 2. The number of anilines is 1. The van der Waals surface area contributed by atoms with Crippen LogP contribution in [-0.2, 0) is 4.74 Å². The first-order valence-electron chi connectivity index (χ1n) is 6.43. The molecule has 0 saturated heterocycles. The number of fused-ring (bicyclic) bond motifs is 1. The molecule has 0 heterocycles. The van der Waals surface area contributed by atoms with Gasteiger partial charge in [-0.05, 0) is 32.2 Å². The normalized spacial score (nSPS) is 11.0. The van der Waals surface area contributed by atoms with E-state index in [1.165, 1.54) is 0 Å². The second-order valence-electron chi connectivity index (χ2n) is 5.57. The SMILES string of the molecule is CC(C)(C)OC(=O)Nc1c(C#N)cc(Br)c2ccccc12. The maximum atomic E-state index is 12.0. The molecule has 1 N–H and O–H groups in total. The number of nitrogens with one attached hydrogen (secondary N) is 1. The number of hydrogen-bond donors (Lipinski definition) is 1. The van der Waals surface area contributed by atoms with Crippen LogP contribution in [0.3, 0.4) is 0 Å². The van der Waals surface area contributed by atoms with Gasteiger partial charge in [0.25, 0.3) is 0 Å². The van der Waals surface area contributed by atoms with Gasteiger partial charge in [-0.3, -0.25) is 5.32 Å². The van der Waals surface area contributed by atoms with Gasteiger partial charge in [-0.25, -0.2) is 4.79 Å². The first-order valence-corrected chi connectivity index (χ1v) is 7.22. The molecule has 1 amide bonds. The summed E-state index contributed by atoms with van der Waals surface area (Å²) in [7, 11) is 0. The Kier molecular flexibility index (Phi) is 4.19. The van der Waals surface area contributed by atoms with E-state index in [-0.39, 0.29) is 0 Å². The Labute approximate surface area is 131 Å². The molecule has 21 heavy (non-hydrogen) atoms. The first-order chi connectivity index (χ1) is 9.81. The van der Waals surface area contributed by atoms with Crippen molar-refractivity contribution in [2.75, 3.05) is 5.32 Å². The second kappa shape index (κ2) is 5.74. The highest BCUT2D eigenvalue weighted by Gasteiger charge is 2.19. The summed E-state index contributed by atoms with van der Waals surface area (Å²) >= 11 is 3.44. The molecule has 0 unspecified atom stereocenters. The average molecular weight is 347 g/mol. The highest BCUT2D eigenvalue weighted by atomic mass is 79.9. The van der Waals surface area contributed by atoms with Crippen LogP contribution in [0.4, 0.5) is 10.5 Å². The minimum Gasteiger partial charge on any atom is -0.444 e. The molecule has 2 rings (SSSR count). The number of halogens is 1. The smallest absolute Gasteiger partial charge is 0.412 e. The van der Waals surface area contributed by atoms with Gasteiger partial charge in [-0.15, -0.1) is 0 Å². The van der Waals surface area contributed by atoms with E-state index in [0.717, 1.165) is 15.2 Å². The van der Waals surface area contributed by atoms with E-state index in [0.29, 0.717) is 11.3 Å². The lowest BCUT2D eigenvalue weighted by molar-refractivity contribution is 0.0636. The maximum absolute atomic E-state index is 12.0. The topological polar surface area (TPSA) is 62.1 Å². The van der Waals surface area contributed by atoms with E-state index in [2.05, 4.69) is 27.3 Å². The predicted molar refractivity (Wildman–Crippen MR) is 86.2 cm³/mol. The van der Waals surface area contributed by atoms with Gasteiger partial charge in [0.2, 0.25) is 0 Å². The molecule has 4 nitrogen and oxygen atoms in total. The van der Waals surface area contributed by atoms with Crippen LogP contribution in [-0.4, -0.2) is 11.7 Å². The third-order valence-corrected chi connectivity index (χ3v) is 3.40. The van der Waals surface area contributed by atoms with Crippen LogP contribution in [0.2, 0.25) is 0 Å². The molecule has 0 bridgehead atoms. The van der Waals surface area contributed by atoms with Crippen molar-refractivity contribution in [1.29, 1.82) is 5.26 Å². The Morgan fingerprint density at radius 1 is 1.29 bits per heavy atom. The fraction of sp³-hybridized carbons (Fsp3) is 0.250. The monoisotopic (exact) mass is 346 g/mol. The molecular formula is C16H15BrN2O2. The van der Waals surface area contributed by atoms with Crippen LogP contribution in [0, 0.1) is 11.3 Å². The van der Waals surface area contributed by atoms with Crippen molar-refractivity contribution < 1.29 is 9.53 Å². The van der Waals surface area contributed by atoms with Crippen molar-refractivity contribution in [2.45, 2.75) is 26.4 Å². The van der Waals surface area contributed by atoms with Crippen LogP contribution in [0.15, 0.2) is 34.8 Å². The number of amides is 1. The highest BCUT2D eigenvalue weighted by Crippen LogP contribution is 2.33. The second-order valence-corrected chi connectivity index (χ2v) is 6.42. The molecule has 0 saturated carbocycles. The van der Waals surface area contributed by atoms with E-state index in [1.54, 1.807) is 26.8 Å². The molecular weight excluding hydrogens is 332 g/mol. The van der Waals surface area contributed by atoms with Gasteiger partial charge in [0.05, 0.1) is 11.3 Å². The zero-order valence-electron chi connectivity index (χ0n) is 12.0. The lowest BCUT2D eigenvalue weighted by Gasteiger charge is -2.20. The standard InChI is InChI=1S/C16H15BrN2O2/c1-16(2,3)21-15(20)19-14-10(9-18)8-13(17)11-6-4-5-7-12(11)14/h4-8H,1-3H3,(H,19,20). The molecule has 0 fully saturated rings. The van der Waals surface area contributed by atoms with E-state index in [4.69, 9.17) is 4.74 Å². The molecule has 0 atom stereocenters. The Bertz CT molecular complexity index is 742. The lowest BCUT2D eigenvalue weighted by Crippen LogP contribution is -2.27. The van der Waals surface area contributed by atoms with Gasteiger partial charge in [-0.1, -0.05) is 40.2 Å². The molecule has 2 aromatic rings. The van der Waals surface area contributed by atoms with Crippen LogP contribution >= 0.6 is 15.9 Å². The summed E-state index contributed by atoms with van der Waals surface area (Å²) in [6.07, 6.45) is -0.577. The Morgan fingerprint density at radius 2 is 1.90 bits per heavy atom. The van der Waals surface area contributed by atoms with Crippen molar-refractivity contribution in [1.82, 2.24) is 0 Å². The zero-order chi connectivity index (χ0) is 15.6. The third-order valence-electron chi connectivity index (χ3n) is 2.74. The fourth-order valence-corrected chi connectivity index (χ4v) is 2.53. The van der Waals surface area contributed by atoms with Crippen LogP contribution in [0.25, 0.3) is 10.8 Å².